The fourth-order valence-corrected chi connectivity index (χ4v) is 4.25. The Labute approximate surface area is 133 Å². The number of fused-ring (bicyclic) bond motifs is 2. The van der Waals surface area contributed by atoms with Crippen molar-refractivity contribution in [1.82, 2.24) is 5.32 Å². The first-order valence-corrected chi connectivity index (χ1v) is 8.58. The van der Waals surface area contributed by atoms with Gasteiger partial charge in [-0.15, -0.1) is 0 Å². The highest BCUT2D eigenvalue weighted by Gasteiger charge is 2.39. The molecule has 2 aliphatic carbocycles. The van der Waals surface area contributed by atoms with Gasteiger partial charge < -0.3 is 10.1 Å². The maximum absolute atomic E-state index is 12.0. The monoisotopic (exact) mass is 301 g/mol. The van der Waals surface area contributed by atoms with E-state index in [0.29, 0.717) is 25.5 Å². The summed E-state index contributed by atoms with van der Waals surface area (Å²) in [6, 6.07) is 6.17. The quantitative estimate of drug-likeness (QED) is 0.815. The number of benzene rings is 1. The minimum Gasteiger partial charge on any atom is -0.491 e. The van der Waals surface area contributed by atoms with E-state index in [1.54, 1.807) is 0 Å². The molecular formula is C19H27NO2. The van der Waals surface area contributed by atoms with Gasteiger partial charge in [-0.3, -0.25) is 4.79 Å². The third kappa shape index (κ3) is 3.63. The number of ether oxygens (including phenoxy) is 1. The summed E-state index contributed by atoms with van der Waals surface area (Å²) in [4.78, 5) is 12.0. The summed E-state index contributed by atoms with van der Waals surface area (Å²) < 4.78 is 5.75. The Hall–Kier alpha value is -1.51. The van der Waals surface area contributed by atoms with Crippen molar-refractivity contribution < 1.29 is 9.53 Å². The molecule has 3 heteroatoms. The van der Waals surface area contributed by atoms with Crippen LogP contribution in [0.4, 0.5) is 0 Å². The predicted octanol–water partition coefficient (Wildman–Crippen LogP) is 3.62. The number of aryl methyl sites for hydroxylation is 2. The van der Waals surface area contributed by atoms with E-state index in [4.69, 9.17) is 4.74 Å². The molecule has 3 nitrogen and oxygen atoms in total. The number of carbonyl (C=O) groups excluding carboxylic acids is 1. The van der Waals surface area contributed by atoms with Crippen LogP contribution < -0.4 is 10.1 Å². The van der Waals surface area contributed by atoms with E-state index in [0.717, 1.165) is 23.1 Å². The molecular weight excluding hydrogens is 274 g/mol. The Morgan fingerprint density at radius 1 is 1.27 bits per heavy atom. The zero-order chi connectivity index (χ0) is 15.5. The largest absolute Gasteiger partial charge is 0.491 e. The summed E-state index contributed by atoms with van der Waals surface area (Å²) >= 11 is 0. The van der Waals surface area contributed by atoms with Crippen molar-refractivity contribution in [3.05, 3.63) is 29.3 Å². The molecule has 22 heavy (non-hydrogen) atoms. The van der Waals surface area contributed by atoms with Crippen molar-refractivity contribution in [2.75, 3.05) is 13.2 Å². The molecule has 0 aliphatic heterocycles. The van der Waals surface area contributed by atoms with Crippen molar-refractivity contribution in [1.29, 1.82) is 0 Å². The zero-order valence-corrected chi connectivity index (χ0v) is 13.7. The van der Waals surface area contributed by atoms with E-state index >= 15 is 0 Å². The van der Waals surface area contributed by atoms with Crippen LogP contribution in [0.2, 0.25) is 0 Å². The minimum absolute atomic E-state index is 0.196. The number of carbonyl (C=O) groups is 1. The number of hydrogen-bond acceptors (Lipinski definition) is 2. The van der Waals surface area contributed by atoms with Gasteiger partial charge in [-0.05, 0) is 62.5 Å². The lowest BCUT2D eigenvalue weighted by molar-refractivity contribution is -0.122. The van der Waals surface area contributed by atoms with E-state index < -0.39 is 0 Å². The second-order valence-corrected chi connectivity index (χ2v) is 7.11. The molecule has 0 spiro atoms. The second-order valence-electron chi connectivity index (χ2n) is 7.11. The smallest absolute Gasteiger partial charge is 0.220 e. The molecule has 0 heterocycles. The first-order valence-electron chi connectivity index (χ1n) is 8.58. The van der Waals surface area contributed by atoms with Crippen molar-refractivity contribution >= 4 is 5.91 Å². The number of amides is 1. The first kappa shape index (κ1) is 15.4. The SMILES string of the molecule is Cc1ccc(OCCNC(=O)C[C@@H]2C[C@@H]3CC[C@@H]2C3)c(C)c1. The van der Waals surface area contributed by atoms with Crippen molar-refractivity contribution in [3.8, 4) is 5.75 Å². The maximum atomic E-state index is 12.0. The Morgan fingerprint density at radius 2 is 2.14 bits per heavy atom. The molecule has 120 valence electrons. The molecule has 2 fully saturated rings. The normalized spacial score (nSPS) is 26.2. The molecule has 2 aliphatic rings. The van der Waals surface area contributed by atoms with Gasteiger partial charge in [0.05, 0.1) is 6.54 Å². The Morgan fingerprint density at radius 3 is 2.82 bits per heavy atom. The summed E-state index contributed by atoms with van der Waals surface area (Å²) in [5.74, 6) is 3.48. The van der Waals surface area contributed by atoms with Crippen LogP contribution >= 0.6 is 0 Å². The van der Waals surface area contributed by atoms with Crippen molar-refractivity contribution in [3.63, 3.8) is 0 Å². The van der Waals surface area contributed by atoms with Gasteiger partial charge in [-0.25, -0.2) is 0 Å². The van der Waals surface area contributed by atoms with Gasteiger partial charge in [-0.1, -0.05) is 24.1 Å². The molecule has 1 aromatic carbocycles. The Bertz CT molecular complexity index is 540. The molecule has 1 N–H and O–H groups in total. The zero-order valence-electron chi connectivity index (χ0n) is 13.7. The van der Waals surface area contributed by atoms with Crippen LogP contribution in [-0.4, -0.2) is 19.1 Å². The summed E-state index contributed by atoms with van der Waals surface area (Å²) in [5.41, 5.74) is 2.39. The van der Waals surface area contributed by atoms with Crippen molar-refractivity contribution in [2.24, 2.45) is 17.8 Å². The molecule has 1 amide bonds. The van der Waals surface area contributed by atoms with E-state index in [9.17, 15) is 4.79 Å². The highest BCUT2D eigenvalue weighted by atomic mass is 16.5. The van der Waals surface area contributed by atoms with E-state index in [2.05, 4.69) is 31.3 Å². The second kappa shape index (κ2) is 6.72. The Balaban J connectivity index is 1.35. The first-order chi connectivity index (χ1) is 10.6. The van der Waals surface area contributed by atoms with Crippen LogP contribution in [0, 0.1) is 31.6 Å². The average molecular weight is 301 g/mol. The molecule has 0 saturated heterocycles. The number of nitrogens with one attached hydrogen (secondary N) is 1. The lowest BCUT2D eigenvalue weighted by atomic mass is 9.86. The summed E-state index contributed by atoms with van der Waals surface area (Å²) in [6.45, 7) is 5.25. The lowest BCUT2D eigenvalue weighted by Gasteiger charge is -2.20. The van der Waals surface area contributed by atoms with E-state index in [1.165, 1.54) is 31.2 Å². The van der Waals surface area contributed by atoms with Crippen LogP contribution in [0.15, 0.2) is 18.2 Å². The molecule has 3 atom stereocenters. The topological polar surface area (TPSA) is 38.3 Å². The van der Waals surface area contributed by atoms with Gasteiger partial charge >= 0.3 is 0 Å². The molecule has 0 unspecified atom stereocenters. The van der Waals surface area contributed by atoms with Crippen LogP contribution in [0.3, 0.4) is 0 Å². The molecule has 1 aromatic rings. The lowest BCUT2D eigenvalue weighted by Crippen LogP contribution is -2.30. The van der Waals surface area contributed by atoms with Gasteiger partial charge in [0.15, 0.2) is 0 Å². The fourth-order valence-electron chi connectivity index (χ4n) is 4.25. The van der Waals surface area contributed by atoms with E-state index in [1.807, 2.05) is 6.07 Å². The van der Waals surface area contributed by atoms with Gasteiger partial charge in [0.25, 0.3) is 0 Å². The van der Waals surface area contributed by atoms with Crippen LogP contribution in [0.25, 0.3) is 0 Å². The number of rotatable bonds is 6. The number of hydrogen-bond donors (Lipinski definition) is 1. The molecule has 2 bridgehead atoms. The summed E-state index contributed by atoms with van der Waals surface area (Å²) in [6.07, 6.45) is 6.10. The minimum atomic E-state index is 0.196. The van der Waals surface area contributed by atoms with Crippen LogP contribution in [0.1, 0.15) is 43.2 Å². The molecule has 0 aromatic heterocycles. The Kier molecular flexibility index (Phi) is 4.70. The third-order valence-corrected chi connectivity index (χ3v) is 5.34. The van der Waals surface area contributed by atoms with E-state index in [-0.39, 0.29) is 5.91 Å². The van der Waals surface area contributed by atoms with Crippen LogP contribution in [-0.2, 0) is 4.79 Å². The molecule has 3 rings (SSSR count). The average Bonchev–Trinajstić information content (AvgIpc) is 3.08. The molecule has 0 radical (unpaired) electrons. The van der Waals surface area contributed by atoms with Gasteiger partial charge in [0.1, 0.15) is 12.4 Å². The predicted molar refractivity (Wildman–Crippen MR) is 88.0 cm³/mol. The molecule has 2 saturated carbocycles. The van der Waals surface area contributed by atoms with Gasteiger partial charge in [0, 0.05) is 6.42 Å². The third-order valence-electron chi connectivity index (χ3n) is 5.34. The fraction of sp³-hybridized carbons (Fsp3) is 0.632. The van der Waals surface area contributed by atoms with Gasteiger partial charge in [-0.2, -0.15) is 0 Å². The summed E-state index contributed by atoms with van der Waals surface area (Å²) in [7, 11) is 0. The highest BCUT2D eigenvalue weighted by molar-refractivity contribution is 5.76. The highest BCUT2D eigenvalue weighted by Crippen LogP contribution is 2.49. The van der Waals surface area contributed by atoms with Crippen LogP contribution in [0.5, 0.6) is 5.75 Å². The van der Waals surface area contributed by atoms with Gasteiger partial charge in [0.2, 0.25) is 5.91 Å². The standard InChI is InChI=1S/C19H27NO2/c1-13-3-6-18(14(2)9-13)22-8-7-20-19(21)12-17-11-15-4-5-16(17)10-15/h3,6,9,15-17H,4-5,7-8,10-12H2,1-2H3,(H,20,21)/t15-,16-,17+/m1/s1. The van der Waals surface area contributed by atoms with Crippen molar-refractivity contribution in [2.45, 2.75) is 46.0 Å². The summed E-state index contributed by atoms with van der Waals surface area (Å²) in [5, 5.41) is 3.01. The maximum Gasteiger partial charge on any atom is 0.220 e.